The van der Waals surface area contributed by atoms with Crippen LogP contribution in [0.5, 0.6) is 0 Å². The second-order valence-electron chi connectivity index (χ2n) is 4.20. The highest BCUT2D eigenvalue weighted by Crippen LogP contribution is 2.29. The minimum atomic E-state index is -3.64. The molecule has 1 N–H and O–H groups in total. The first kappa shape index (κ1) is 17.2. The van der Waals surface area contributed by atoms with Gasteiger partial charge in [0, 0.05) is 21.1 Å². The van der Waals surface area contributed by atoms with Gasteiger partial charge in [0.1, 0.15) is 0 Å². The summed E-state index contributed by atoms with van der Waals surface area (Å²) in [6.45, 7) is -0.330. The summed E-state index contributed by atoms with van der Waals surface area (Å²) in [6, 6.07) is 4.79. The zero-order valence-electron chi connectivity index (χ0n) is 11.2. The average molecular weight is 340 g/mol. The Morgan fingerprint density at radius 2 is 1.85 bits per heavy atom. The monoisotopic (exact) mass is 339 g/mol. The third-order valence-corrected chi connectivity index (χ3v) is 5.11. The minimum Gasteiger partial charge on any atom is -0.324 e. The summed E-state index contributed by atoms with van der Waals surface area (Å²) in [7, 11) is 0.451. The number of hydrogen-bond donors (Lipinski definition) is 1. The maximum Gasteiger partial charge on any atom is 0.281 e. The molecule has 112 valence electrons. The number of anilines is 1. The van der Waals surface area contributed by atoms with Gasteiger partial charge in [0.25, 0.3) is 10.2 Å². The number of rotatable bonds is 5. The first-order chi connectivity index (χ1) is 9.16. The molecule has 20 heavy (non-hydrogen) atoms. The van der Waals surface area contributed by atoms with Crippen molar-refractivity contribution in [3.63, 3.8) is 0 Å². The van der Waals surface area contributed by atoms with E-state index in [0.29, 0.717) is 10.7 Å². The van der Waals surface area contributed by atoms with Crippen molar-refractivity contribution in [2.75, 3.05) is 33.0 Å². The normalized spacial score (nSPS) is 11.9. The maximum atomic E-state index is 11.8. The van der Waals surface area contributed by atoms with Gasteiger partial charge in [-0.15, -0.1) is 0 Å². The Kier molecular flexibility index (Phi) is 5.79. The number of carbonyl (C=O) groups is 1. The van der Waals surface area contributed by atoms with Crippen LogP contribution in [0.1, 0.15) is 0 Å². The van der Waals surface area contributed by atoms with Gasteiger partial charge in [-0.2, -0.15) is 17.0 Å². The number of nitrogens with one attached hydrogen (secondary N) is 1. The molecular formula is C11H15Cl2N3O3S. The summed E-state index contributed by atoms with van der Waals surface area (Å²) in [5.74, 6) is -0.512. The van der Waals surface area contributed by atoms with Gasteiger partial charge in [-0.3, -0.25) is 4.79 Å². The Bertz CT molecular complexity index is 605. The van der Waals surface area contributed by atoms with Crippen molar-refractivity contribution < 1.29 is 13.2 Å². The number of nitrogens with zero attached hydrogens (tertiary/aromatic N) is 2. The average Bonchev–Trinajstić information content (AvgIpc) is 2.34. The smallest absolute Gasteiger partial charge is 0.281 e. The Hall–Kier alpha value is -0.860. The van der Waals surface area contributed by atoms with Crippen LogP contribution in [-0.4, -0.2) is 50.6 Å². The molecule has 0 spiro atoms. The number of halogens is 2. The fourth-order valence-corrected chi connectivity index (χ4v) is 2.54. The highest BCUT2D eigenvalue weighted by molar-refractivity contribution is 7.86. The molecule has 1 rings (SSSR count). The molecule has 0 heterocycles. The Morgan fingerprint density at radius 3 is 2.40 bits per heavy atom. The van der Waals surface area contributed by atoms with Gasteiger partial charge in [0.2, 0.25) is 5.91 Å². The quantitative estimate of drug-likeness (QED) is 0.886. The minimum absolute atomic E-state index is 0.209. The summed E-state index contributed by atoms with van der Waals surface area (Å²) in [6.07, 6.45) is 0. The molecule has 6 nitrogen and oxygen atoms in total. The van der Waals surface area contributed by atoms with E-state index in [1.807, 2.05) is 0 Å². The van der Waals surface area contributed by atoms with Crippen LogP contribution in [0.4, 0.5) is 5.69 Å². The van der Waals surface area contributed by atoms with E-state index < -0.39 is 16.1 Å². The first-order valence-electron chi connectivity index (χ1n) is 5.54. The fourth-order valence-electron chi connectivity index (χ4n) is 1.35. The number of likely N-dealkylation sites (N-methyl/N-ethyl adjacent to an activating group) is 1. The first-order valence-corrected chi connectivity index (χ1v) is 7.69. The SMILES string of the molecule is CN(C)S(=O)(=O)N(C)CC(=O)Nc1cccc(Cl)c1Cl. The second kappa shape index (κ2) is 6.73. The van der Waals surface area contributed by atoms with Crippen molar-refractivity contribution >= 4 is 45.0 Å². The predicted molar refractivity (Wildman–Crippen MR) is 80.3 cm³/mol. The summed E-state index contributed by atoms with van der Waals surface area (Å²) in [5.41, 5.74) is 0.333. The molecule has 0 saturated carbocycles. The van der Waals surface area contributed by atoms with Crippen molar-refractivity contribution in [1.82, 2.24) is 8.61 Å². The lowest BCUT2D eigenvalue weighted by atomic mass is 10.3. The Morgan fingerprint density at radius 1 is 1.25 bits per heavy atom. The van der Waals surface area contributed by atoms with E-state index in [1.165, 1.54) is 21.1 Å². The van der Waals surface area contributed by atoms with Gasteiger partial charge in [-0.25, -0.2) is 0 Å². The van der Waals surface area contributed by atoms with Gasteiger partial charge >= 0.3 is 0 Å². The largest absolute Gasteiger partial charge is 0.324 e. The van der Waals surface area contributed by atoms with Crippen LogP contribution in [0.25, 0.3) is 0 Å². The summed E-state index contributed by atoms with van der Waals surface area (Å²) in [5, 5.41) is 3.03. The van der Waals surface area contributed by atoms with Gasteiger partial charge in [0.05, 0.1) is 22.3 Å². The predicted octanol–water partition coefficient (Wildman–Crippen LogP) is 1.67. The van der Waals surface area contributed by atoms with Crippen molar-refractivity contribution in [2.24, 2.45) is 0 Å². The summed E-state index contributed by atoms with van der Waals surface area (Å²) < 4.78 is 25.5. The topological polar surface area (TPSA) is 69.7 Å². The van der Waals surface area contributed by atoms with Crippen molar-refractivity contribution in [3.8, 4) is 0 Å². The lowest BCUT2D eigenvalue weighted by molar-refractivity contribution is -0.116. The number of benzene rings is 1. The van der Waals surface area contributed by atoms with Crippen LogP contribution >= 0.6 is 23.2 Å². The van der Waals surface area contributed by atoms with Crippen molar-refractivity contribution in [2.45, 2.75) is 0 Å². The second-order valence-corrected chi connectivity index (χ2v) is 7.23. The summed E-state index contributed by atoms with van der Waals surface area (Å²) >= 11 is 11.7. The maximum absolute atomic E-state index is 11.8. The highest BCUT2D eigenvalue weighted by atomic mass is 35.5. The van der Waals surface area contributed by atoms with E-state index in [0.717, 1.165) is 8.61 Å². The Labute approximate surface area is 128 Å². The fraction of sp³-hybridized carbons (Fsp3) is 0.364. The van der Waals surface area contributed by atoms with E-state index in [2.05, 4.69) is 5.32 Å². The van der Waals surface area contributed by atoms with Gasteiger partial charge in [0.15, 0.2) is 0 Å². The van der Waals surface area contributed by atoms with E-state index in [9.17, 15) is 13.2 Å². The molecule has 0 unspecified atom stereocenters. The zero-order valence-corrected chi connectivity index (χ0v) is 13.6. The molecular weight excluding hydrogens is 325 g/mol. The van der Waals surface area contributed by atoms with Crippen LogP contribution < -0.4 is 5.32 Å². The standard InChI is InChI=1S/C11H15Cl2N3O3S/c1-15(2)20(18,19)16(3)7-10(17)14-9-6-4-5-8(12)11(9)13/h4-6H,7H2,1-3H3,(H,14,17). The highest BCUT2D eigenvalue weighted by Gasteiger charge is 2.23. The zero-order chi connectivity index (χ0) is 15.5. The molecule has 1 aromatic rings. The molecule has 0 atom stereocenters. The van der Waals surface area contributed by atoms with Gasteiger partial charge < -0.3 is 5.32 Å². The molecule has 0 aromatic heterocycles. The molecule has 1 aromatic carbocycles. The van der Waals surface area contributed by atoms with E-state index in [-0.39, 0.29) is 11.6 Å². The number of amides is 1. The lowest BCUT2D eigenvalue weighted by Crippen LogP contribution is -2.41. The molecule has 9 heteroatoms. The van der Waals surface area contributed by atoms with E-state index >= 15 is 0 Å². The van der Waals surface area contributed by atoms with Gasteiger partial charge in [-0.1, -0.05) is 29.3 Å². The molecule has 0 radical (unpaired) electrons. The van der Waals surface area contributed by atoms with Crippen LogP contribution in [0.2, 0.25) is 10.0 Å². The summed E-state index contributed by atoms with van der Waals surface area (Å²) in [4.78, 5) is 11.8. The van der Waals surface area contributed by atoms with Crippen LogP contribution in [-0.2, 0) is 15.0 Å². The number of carbonyl (C=O) groups excluding carboxylic acids is 1. The van der Waals surface area contributed by atoms with Crippen LogP contribution in [0.3, 0.4) is 0 Å². The van der Waals surface area contributed by atoms with Crippen LogP contribution in [0, 0.1) is 0 Å². The van der Waals surface area contributed by atoms with E-state index in [4.69, 9.17) is 23.2 Å². The third kappa shape index (κ3) is 4.07. The van der Waals surface area contributed by atoms with E-state index in [1.54, 1.807) is 18.2 Å². The molecule has 0 aliphatic heterocycles. The molecule has 0 bridgehead atoms. The Balaban J connectivity index is 2.77. The molecule has 0 aliphatic rings. The molecule has 0 fully saturated rings. The lowest BCUT2D eigenvalue weighted by Gasteiger charge is -2.20. The van der Waals surface area contributed by atoms with Gasteiger partial charge in [-0.05, 0) is 12.1 Å². The van der Waals surface area contributed by atoms with Crippen molar-refractivity contribution in [1.29, 1.82) is 0 Å². The molecule has 0 saturated heterocycles. The third-order valence-electron chi connectivity index (χ3n) is 2.45. The number of hydrogen-bond acceptors (Lipinski definition) is 3. The van der Waals surface area contributed by atoms with Crippen molar-refractivity contribution in [3.05, 3.63) is 28.2 Å². The molecule has 1 amide bonds. The van der Waals surface area contributed by atoms with Crippen LogP contribution in [0.15, 0.2) is 18.2 Å². The molecule has 0 aliphatic carbocycles.